The van der Waals surface area contributed by atoms with Crippen molar-refractivity contribution >= 4 is 23.3 Å². The summed E-state index contributed by atoms with van der Waals surface area (Å²) < 4.78 is 0. The van der Waals surface area contributed by atoms with Crippen LogP contribution >= 0.6 is 0 Å². The first-order chi connectivity index (χ1) is 16.0. The molecule has 0 aliphatic heterocycles. The quantitative estimate of drug-likeness (QED) is 0.337. The Hall–Kier alpha value is -3.64. The molecule has 3 aromatic rings. The molecule has 6 heteroatoms. The molecule has 172 valence electrons. The number of aryl methyl sites for hydroxylation is 1. The number of hydrogen-bond acceptors (Lipinski definition) is 3. The first-order valence-corrected chi connectivity index (χ1v) is 11.3. The minimum absolute atomic E-state index is 0.246. The number of nitrogens with two attached hydrogens (primary N) is 1. The Labute approximate surface area is 195 Å². The molecule has 0 heterocycles. The molecule has 0 saturated carbocycles. The zero-order valence-electron chi connectivity index (χ0n) is 19.0. The number of benzene rings is 3. The Kier molecular flexibility index (Phi) is 9.03. The Morgan fingerprint density at radius 2 is 1.55 bits per heavy atom. The molecular weight excluding hydrogens is 412 g/mol. The maximum Gasteiger partial charge on any atom is 0.319 e. The summed E-state index contributed by atoms with van der Waals surface area (Å²) in [6, 6.07) is 24.4. The van der Waals surface area contributed by atoms with Crippen molar-refractivity contribution in [2.75, 3.05) is 17.2 Å². The predicted octanol–water partition coefficient (Wildman–Crippen LogP) is 4.84. The minimum atomic E-state index is -0.662. The summed E-state index contributed by atoms with van der Waals surface area (Å²) in [5.41, 5.74) is 10.4. The number of amides is 3. The first kappa shape index (κ1) is 24.0. The van der Waals surface area contributed by atoms with E-state index >= 15 is 0 Å². The highest BCUT2D eigenvalue weighted by Crippen LogP contribution is 2.15. The lowest BCUT2D eigenvalue weighted by Crippen LogP contribution is -2.45. The normalized spacial score (nSPS) is 11.5. The Morgan fingerprint density at radius 3 is 2.27 bits per heavy atom. The second-order valence-electron chi connectivity index (χ2n) is 8.15. The molecule has 0 aliphatic rings. The molecule has 0 aromatic heterocycles. The molecule has 0 radical (unpaired) electrons. The van der Waals surface area contributed by atoms with Crippen LogP contribution in [-0.2, 0) is 11.2 Å². The SMILES string of the molecule is Cc1ccc(NC(=O)[C@H](CCCCN)NC(=O)Nc2cccc(Cc3ccccc3)c2)cc1. The molecule has 0 unspecified atom stereocenters. The van der Waals surface area contributed by atoms with Crippen LogP contribution in [0.3, 0.4) is 0 Å². The van der Waals surface area contributed by atoms with Gasteiger partial charge in [-0.05, 0) is 74.5 Å². The third kappa shape index (κ3) is 8.09. The van der Waals surface area contributed by atoms with E-state index in [1.54, 1.807) is 0 Å². The largest absolute Gasteiger partial charge is 0.330 e. The van der Waals surface area contributed by atoms with Crippen molar-refractivity contribution in [3.05, 3.63) is 95.6 Å². The van der Waals surface area contributed by atoms with Crippen LogP contribution in [0.1, 0.15) is 36.0 Å². The van der Waals surface area contributed by atoms with Crippen molar-refractivity contribution in [2.24, 2.45) is 5.73 Å². The van der Waals surface area contributed by atoms with E-state index in [1.807, 2.05) is 73.7 Å². The zero-order valence-corrected chi connectivity index (χ0v) is 19.0. The molecule has 1 atom stereocenters. The maximum atomic E-state index is 12.9. The molecule has 0 spiro atoms. The highest BCUT2D eigenvalue weighted by molar-refractivity contribution is 5.99. The van der Waals surface area contributed by atoms with Gasteiger partial charge in [0.25, 0.3) is 0 Å². The van der Waals surface area contributed by atoms with Crippen LogP contribution in [0.15, 0.2) is 78.9 Å². The van der Waals surface area contributed by atoms with Crippen molar-refractivity contribution in [1.82, 2.24) is 5.32 Å². The lowest BCUT2D eigenvalue weighted by Gasteiger charge is -2.19. The van der Waals surface area contributed by atoms with Crippen molar-refractivity contribution in [1.29, 1.82) is 0 Å². The summed E-state index contributed by atoms with van der Waals surface area (Å²) in [5.74, 6) is -0.246. The van der Waals surface area contributed by atoms with E-state index in [-0.39, 0.29) is 5.91 Å². The van der Waals surface area contributed by atoms with Crippen LogP contribution in [0.25, 0.3) is 0 Å². The topological polar surface area (TPSA) is 96.2 Å². The lowest BCUT2D eigenvalue weighted by molar-refractivity contribution is -0.118. The second kappa shape index (κ2) is 12.4. The zero-order chi connectivity index (χ0) is 23.5. The van der Waals surface area contributed by atoms with E-state index in [4.69, 9.17) is 5.73 Å². The number of carbonyl (C=O) groups is 2. The Balaban J connectivity index is 1.61. The fourth-order valence-electron chi connectivity index (χ4n) is 3.54. The molecule has 0 aliphatic carbocycles. The summed E-state index contributed by atoms with van der Waals surface area (Å²) in [6.07, 6.45) is 2.82. The molecule has 3 aromatic carbocycles. The number of carbonyl (C=O) groups excluding carboxylic acids is 2. The standard InChI is InChI=1S/C27H32N4O2/c1-20-13-15-23(16-14-20)29-26(32)25(12-5-6-17-28)31-27(33)30-24-11-7-10-22(19-24)18-21-8-3-2-4-9-21/h2-4,7-11,13-16,19,25H,5-6,12,17-18,28H2,1H3,(H,29,32)(H2,30,31,33)/t25-/m0/s1. The van der Waals surface area contributed by atoms with Crippen LogP contribution < -0.4 is 21.7 Å². The van der Waals surface area contributed by atoms with Crippen LogP contribution in [0, 0.1) is 6.92 Å². The smallest absolute Gasteiger partial charge is 0.319 e. The van der Waals surface area contributed by atoms with Gasteiger partial charge in [0.1, 0.15) is 6.04 Å². The molecule has 0 saturated heterocycles. The number of nitrogens with one attached hydrogen (secondary N) is 3. The van der Waals surface area contributed by atoms with Crippen molar-refractivity contribution in [2.45, 2.75) is 38.6 Å². The summed E-state index contributed by atoms with van der Waals surface area (Å²) in [4.78, 5) is 25.6. The predicted molar refractivity (Wildman–Crippen MR) is 134 cm³/mol. The van der Waals surface area contributed by atoms with Crippen molar-refractivity contribution in [3.63, 3.8) is 0 Å². The van der Waals surface area contributed by atoms with Gasteiger partial charge in [0.05, 0.1) is 0 Å². The number of unbranched alkanes of at least 4 members (excludes halogenated alkanes) is 1. The van der Waals surface area contributed by atoms with E-state index in [0.717, 1.165) is 30.4 Å². The first-order valence-electron chi connectivity index (χ1n) is 11.3. The third-order valence-corrected chi connectivity index (χ3v) is 5.32. The van der Waals surface area contributed by atoms with Gasteiger partial charge in [-0.1, -0.05) is 60.2 Å². The monoisotopic (exact) mass is 444 g/mol. The van der Waals surface area contributed by atoms with Gasteiger partial charge >= 0.3 is 6.03 Å². The Morgan fingerprint density at radius 1 is 0.818 bits per heavy atom. The van der Waals surface area contributed by atoms with Crippen LogP contribution in [-0.4, -0.2) is 24.5 Å². The maximum absolute atomic E-state index is 12.9. The molecule has 33 heavy (non-hydrogen) atoms. The Bertz CT molecular complexity index is 1040. The number of anilines is 2. The van der Waals surface area contributed by atoms with Crippen LogP contribution in [0.2, 0.25) is 0 Å². The van der Waals surface area contributed by atoms with Gasteiger partial charge < -0.3 is 21.7 Å². The fourth-order valence-corrected chi connectivity index (χ4v) is 3.54. The number of rotatable bonds is 10. The minimum Gasteiger partial charge on any atom is -0.330 e. The van der Waals surface area contributed by atoms with Gasteiger partial charge in [-0.25, -0.2) is 4.79 Å². The van der Waals surface area contributed by atoms with E-state index in [9.17, 15) is 9.59 Å². The summed E-state index contributed by atoms with van der Waals surface area (Å²) >= 11 is 0. The lowest BCUT2D eigenvalue weighted by atomic mass is 10.0. The van der Waals surface area contributed by atoms with Gasteiger partial charge in [-0.15, -0.1) is 0 Å². The molecule has 3 amide bonds. The van der Waals surface area contributed by atoms with E-state index < -0.39 is 12.1 Å². The fraction of sp³-hybridized carbons (Fsp3) is 0.259. The van der Waals surface area contributed by atoms with Gasteiger partial charge in [0.2, 0.25) is 5.91 Å². The third-order valence-electron chi connectivity index (χ3n) is 5.32. The molecule has 5 N–H and O–H groups in total. The number of urea groups is 1. The van der Waals surface area contributed by atoms with E-state index in [2.05, 4.69) is 28.1 Å². The van der Waals surface area contributed by atoms with Crippen LogP contribution in [0.4, 0.5) is 16.2 Å². The molecular formula is C27H32N4O2. The van der Waals surface area contributed by atoms with Gasteiger partial charge in [0.15, 0.2) is 0 Å². The molecule has 0 bridgehead atoms. The molecule has 0 fully saturated rings. The van der Waals surface area contributed by atoms with Gasteiger partial charge in [0, 0.05) is 11.4 Å². The van der Waals surface area contributed by atoms with Gasteiger partial charge in [-0.3, -0.25) is 4.79 Å². The van der Waals surface area contributed by atoms with E-state index in [1.165, 1.54) is 5.56 Å². The molecule has 6 nitrogen and oxygen atoms in total. The van der Waals surface area contributed by atoms with Gasteiger partial charge in [-0.2, -0.15) is 0 Å². The summed E-state index contributed by atoms with van der Waals surface area (Å²) in [6.45, 7) is 2.54. The average molecular weight is 445 g/mol. The highest BCUT2D eigenvalue weighted by atomic mass is 16.2. The van der Waals surface area contributed by atoms with Crippen molar-refractivity contribution < 1.29 is 9.59 Å². The average Bonchev–Trinajstić information content (AvgIpc) is 2.81. The summed E-state index contributed by atoms with van der Waals surface area (Å²) in [5, 5.41) is 8.57. The van der Waals surface area contributed by atoms with E-state index in [0.29, 0.717) is 24.3 Å². The number of hydrogen-bond donors (Lipinski definition) is 4. The molecule has 3 rings (SSSR count). The summed E-state index contributed by atoms with van der Waals surface area (Å²) in [7, 11) is 0. The van der Waals surface area contributed by atoms with Crippen LogP contribution in [0.5, 0.6) is 0 Å². The second-order valence-corrected chi connectivity index (χ2v) is 8.15. The highest BCUT2D eigenvalue weighted by Gasteiger charge is 2.20. The van der Waals surface area contributed by atoms with Crippen molar-refractivity contribution in [3.8, 4) is 0 Å².